The third-order valence-corrected chi connectivity index (χ3v) is 6.20. The van der Waals surface area contributed by atoms with Crippen molar-refractivity contribution in [2.45, 2.75) is 31.6 Å². The minimum Gasteiger partial charge on any atom is -0.488 e. The molecule has 1 fully saturated rings. The first-order valence-electron chi connectivity index (χ1n) is 11.3. The molecule has 2 N–H and O–H groups in total. The molecule has 3 heterocycles. The molecule has 3 aromatic rings. The molecule has 5 rings (SSSR count). The van der Waals surface area contributed by atoms with Gasteiger partial charge in [0.2, 0.25) is 5.91 Å². The van der Waals surface area contributed by atoms with Crippen LogP contribution < -0.4 is 20.9 Å². The second-order valence-electron chi connectivity index (χ2n) is 8.64. The Hall–Kier alpha value is -4.48. The molecular weight excluding hydrogens is 493 g/mol. The second-order valence-corrected chi connectivity index (χ2v) is 8.64. The third-order valence-electron chi connectivity index (χ3n) is 6.20. The number of nitrogens with one attached hydrogen (secondary N) is 2. The molecule has 1 unspecified atom stereocenters. The average Bonchev–Trinajstić information content (AvgIpc) is 2.86. The van der Waals surface area contributed by atoms with Crippen LogP contribution in [0.2, 0.25) is 0 Å². The number of fused-ring (bicyclic) bond motifs is 2. The summed E-state index contributed by atoms with van der Waals surface area (Å²) in [7, 11) is 0. The number of imide groups is 1. The van der Waals surface area contributed by atoms with Gasteiger partial charge in [-0.05, 0) is 42.3 Å². The molecule has 0 bridgehead atoms. The molecule has 1 aromatic heterocycles. The van der Waals surface area contributed by atoms with E-state index in [1.165, 1.54) is 30.5 Å². The maximum Gasteiger partial charge on any atom is 0.417 e. The normalized spacial score (nSPS) is 17.5. The van der Waals surface area contributed by atoms with Crippen molar-refractivity contribution in [2.75, 3.05) is 6.61 Å². The molecule has 0 saturated carbocycles. The Kier molecular flexibility index (Phi) is 6.02. The quantitative estimate of drug-likeness (QED) is 0.519. The van der Waals surface area contributed by atoms with Crippen molar-refractivity contribution in [3.05, 3.63) is 75.2 Å². The fraction of sp³-hybridized carbons (Fsp3) is 0.240. The molecule has 190 valence electrons. The van der Waals surface area contributed by atoms with E-state index >= 15 is 0 Å². The van der Waals surface area contributed by atoms with Gasteiger partial charge in [-0.3, -0.25) is 24.5 Å². The summed E-state index contributed by atoms with van der Waals surface area (Å²) in [5.41, 5.74) is -0.921. The number of carbonyl (C=O) groups excluding carboxylic acids is 3. The maximum atomic E-state index is 13.3. The van der Waals surface area contributed by atoms with Crippen LogP contribution in [0, 0.1) is 0 Å². The van der Waals surface area contributed by atoms with E-state index in [-0.39, 0.29) is 42.9 Å². The van der Waals surface area contributed by atoms with E-state index < -0.39 is 41.1 Å². The molecule has 37 heavy (non-hydrogen) atoms. The summed E-state index contributed by atoms with van der Waals surface area (Å²) in [5, 5.41) is 9.72. The van der Waals surface area contributed by atoms with Gasteiger partial charge in [0, 0.05) is 23.9 Å². The van der Waals surface area contributed by atoms with Crippen molar-refractivity contribution in [1.29, 1.82) is 0 Å². The van der Waals surface area contributed by atoms with Crippen molar-refractivity contribution in [3.8, 4) is 5.75 Å². The van der Waals surface area contributed by atoms with Crippen LogP contribution in [0.25, 0.3) is 16.8 Å². The van der Waals surface area contributed by atoms with Gasteiger partial charge in [0.05, 0.1) is 22.7 Å². The van der Waals surface area contributed by atoms with Gasteiger partial charge in [-0.15, -0.1) is 0 Å². The minimum atomic E-state index is -4.60. The lowest BCUT2D eigenvalue weighted by Gasteiger charge is -2.22. The van der Waals surface area contributed by atoms with Crippen LogP contribution in [0.4, 0.5) is 13.2 Å². The van der Waals surface area contributed by atoms with E-state index in [1.807, 2.05) is 0 Å². The van der Waals surface area contributed by atoms with Gasteiger partial charge in [-0.2, -0.15) is 18.3 Å². The number of hydrogen-bond donors (Lipinski definition) is 2. The fourth-order valence-corrected chi connectivity index (χ4v) is 4.33. The maximum absolute atomic E-state index is 13.3. The standard InChI is InChI=1S/C25H19F3N4O5/c26-25(27,28)18-2-1-3-20-17(18)9-15(12-37-20)22(34)29-10-13-4-5-16-14(8-13)11-30-32(24(16)36)19-6-7-21(33)31-23(19)35/h1-5,8-9,11,19H,6-7,10,12H2,(H,29,34)(H,31,33,35). The zero-order valence-electron chi connectivity index (χ0n) is 19.1. The highest BCUT2D eigenvalue weighted by Gasteiger charge is 2.35. The molecule has 2 aliphatic rings. The van der Waals surface area contributed by atoms with E-state index in [9.17, 15) is 32.3 Å². The Balaban J connectivity index is 1.33. The van der Waals surface area contributed by atoms with E-state index in [0.717, 1.165) is 10.7 Å². The first-order chi connectivity index (χ1) is 17.6. The van der Waals surface area contributed by atoms with Crippen molar-refractivity contribution in [1.82, 2.24) is 20.4 Å². The number of aromatic nitrogens is 2. The highest BCUT2D eigenvalue weighted by Crippen LogP contribution is 2.38. The lowest BCUT2D eigenvalue weighted by Crippen LogP contribution is -2.45. The number of benzene rings is 2. The molecule has 0 aliphatic carbocycles. The molecule has 1 saturated heterocycles. The summed E-state index contributed by atoms with van der Waals surface area (Å²) in [5.74, 6) is -1.52. The number of rotatable bonds is 4. The van der Waals surface area contributed by atoms with Crippen LogP contribution in [-0.4, -0.2) is 34.1 Å². The lowest BCUT2D eigenvalue weighted by atomic mass is 10.0. The molecule has 1 atom stereocenters. The number of piperidine rings is 1. The van der Waals surface area contributed by atoms with Crippen molar-refractivity contribution in [2.24, 2.45) is 0 Å². The summed E-state index contributed by atoms with van der Waals surface area (Å²) in [6.45, 7) is -0.141. The largest absolute Gasteiger partial charge is 0.488 e. The van der Waals surface area contributed by atoms with Crippen LogP contribution in [0.15, 0.2) is 53.0 Å². The highest BCUT2D eigenvalue weighted by atomic mass is 19.4. The summed E-state index contributed by atoms with van der Waals surface area (Å²) in [4.78, 5) is 49.1. The highest BCUT2D eigenvalue weighted by molar-refractivity contribution is 6.00. The second kappa shape index (κ2) is 9.19. The van der Waals surface area contributed by atoms with Crippen LogP contribution in [0.1, 0.15) is 35.6 Å². The number of amides is 3. The first-order valence-corrected chi connectivity index (χ1v) is 11.3. The number of alkyl halides is 3. The minimum absolute atomic E-state index is 0.0378. The molecule has 2 aromatic carbocycles. The Bertz CT molecular complexity index is 1540. The molecular formula is C25H19F3N4O5. The number of carbonyl (C=O) groups is 3. The van der Waals surface area contributed by atoms with Gasteiger partial charge in [0.1, 0.15) is 18.4 Å². The van der Waals surface area contributed by atoms with Crippen molar-refractivity contribution >= 4 is 34.6 Å². The summed E-state index contributed by atoms with van der Waals surface area (Å²) in [6, 6.07) is 7.49. The molecule has 0 radical (unpaired) electrons. The number of nitrogens with zero attached hydrogens (tertiary/aromatic N) is 2. The Labute approximate surface area is 206 Å². The van der Waals surface area contributed by atoms with E-state index in [0.29, 0.717) is 16.3 Å². The van der Waals surface area contributed by atoms with Gasteiger partial charge in [0.15, 0.2) is 0 Å². The summed E-state index contributed by atoms with van der Waals surface area (Å²) >= 11 is 0. The zero-order valence-corrected chi connectivity index (χ0v) is 19.1. The Morgan fingerprint density at radius 3 is 2.76 bits per heavy atom. The topological polar surface area (TPSA) is 119 Å². The monoisotopic (exact) mass is 512 g/mol. The predicted molar refractivity (Wildman–Crippen MR) is 124 cm³/mol. The van der Waals surface area contributed by atoms with Gasteiger partial charge < -0.3 is 10.1 Å². The SMILES string of the molecule is O=C1CCC(n2ncc3cc(CNC(=O)C4=Cc5c(cccc5C(F)(F)F)OC4)ccc3c2=O)C(=O)N1. The number of hydrogen-bond acceptors (Lipinski definition) is 6. The Morgan fingerprint density at radius 1 is 1.19 bits per heavy atom. The average molecular weight is 512 g/mol. The Morgan fingerprint density at radius 2 is 2.00 bits per heavy atom. The van der Waals surface area contributed by atoms with Gasteiger partial charge in [-0.1, -0.05) is 12.1 Å². The molecule has 3 amide bonds. The van der Waals surface area contributed by atoms with Gasteiger partial charge in [0.25, 0.3) is 17.4 Å². The fourth-order valence-electron chi connectivity index (χ4n) is 4.33. The molecule has 0 spiro atoms. The molecule has 12 heteroatoms. The lowest BCUT2D eigenvalue weighted by molar-refractivity contribution is -0.138. The van der Waals surface area contributed by atoms with E-state index in [2.05, 4.69) is 15.7 Å². The molecule has 9 nitrogen and oxygen atoms in total. The van der Waals surface area contributed by atoms with Gasteiger partial charge >= 0.3 is 6.18 Å². The van der Waals surface area contributed by atoms with E-state index in [4.69, 9.17) is 4.74 Å². The van der Waals surface area contributed by atoms with Crippen LogP contribution in [0.3, 0.4) is 0 Å². The van der Waals surface area contributed by atoms with Crippen LogP contribution in [-0.2, 0) is 27.1 Å². The van der Waals surface area contributed by atoms with Crippen LogP contribution in [0.5, 0.6) is 5.75 Å². The number of ether oxygens (including phenoxy) is 1. The van der Waals surface area contributed by atoms with E-state index in [1.54, 1.807) is 12.1 Å². The molecule has 2 aliphatic heterocycles. The zero-order chi connectivity index (χ0) is 26.3. The van der Waals surface area contributed by atoms with Gasteiger partial charge in [-0.25, -0.2) is 4.68 Å². The summed E-state index contributed by atoms with van der Waals surface area (Å²) < 4.78 is 46.5. The number of halogens is 3. The summed E-state index contributed by atoms with van der Waals surface area (Å²) in [6.07, 6.45) is -1.73. The van der Waals surface area contributed by atoms with Crippen LogP contribution >= 0.6 is 0 Å². The van der Waals surface area contributed by atoms with Crippen molar-refractivity contribution in [3.63, 3.8) is 0 Å². The first kappa shape index (κ1) is 24.2. The smallest absolute Gasteiger partial charge is 0.417 e. The predicted octanol–water partition coefficient (Wildman–Crippen LogP) is 2.49. The third kappa shape index (κ3) is 4.69. The van der Waals surface area contributed by atoms with Crippen molar-refractivity contribution < 1.29 is 32.3 Å².